The molecule has 1 heterocycles. The smallest absolute Gasteiger partial charge is 0.418 e. The Balaban J connectivity index is 1.39. The van der Waals surface area contributed by atoms with Crippen molar-refractivity contribution in [3.63, 3.8) is 0 Å². The van der Waals surface area contributed by atoms with Crippen LogP contribution >= 0.6 is 0 Å². The van der Waals surface area contributed by atoms with E-state index in [4.69, 9.17) is 4.74 Å². The second-order valence-corrected chi connectivity index (χ2v) is 7.77. The lowest BCUT2D eigenvalue weighted by Gasteiger charge is -2.33. The normalized spacial score (nSPS) is 15.2. The fraction of sp³-hybridized carbons (Fsp3) is 0.391. The molecule has 0 bridgehead atoms. The number of nitrogens with one attached hydrogen (secondary N) is 2. The van der Waals surface area contributed by atoms with Gasteiger partial charge in [-0.15, -0.1) is 0 Å². The number of piperazine rings is 1. The number of carbonyl (C=O) groups excluding carboxylic acids is 2. The molecule has 1 saturated heterocycles. The number of nitrogens with zero attached hydrogens (tertiary/aromatic N) is 2. The molecule has 0 atom stereocenters. The lowest BCUT2D eigenvalue weighted by molar-refractivity contribution is -0.137. The van der Waals surface area contributed by atoms with Crippen LogP contribution in [0.15, 0.2) is 48.5 Å². The number of rotatable bonds is 8. The predicted octanol–water partition coefficient (Wildman–Crippen LogP) is 2.59. The Morgan fingerprint density at radius 2 is 1.48 bits per heavy atom. The van der Waals surface area contributed by atoms with E-state index in [0.29, 0.717) is 32.7 Å². The summed E-state index contributed by atoms with van der Waals surface area (Å²) in [5.74, 6) is 0.152. The largest absolute Gasteiger partial charge is 0.497 e. The predicted molar refractivity (Wildman–Crippen MR) is 118 cm³/mol. The molecule has 10 heteroatoms. The van der Waals surface area contributed by atoms with Crippen LogP contribution in [0.1, 0.15) is 11.1 Å². The maximum atomic E-state index is 13.1. The Morgan fingerprint density at radius 3 is 2.06 bits per heavy atom. The van der Waals surface area contributed by atoms with Gasteiger partial charge in [-0.1, -0.05) is 24.3 Å². The molecule has 2 aromatic carbocycles. The molecule has 0 aromatic heterocycles. The van der Waals surface area contributed by atoms with E-state index in [1.54, 1.807) is 7.11 Å². The van der Waals surface area contributed by atoms with Crippen LogP contribution < -0.4 is 15.4 Å². The first-order valence-electron chi connectivity index (χ1n) is 10.5. The standard InChI is InChI=1S/C23H27F3N4O3/c1-33-18-8-6-17(7-9-18)14-27-21(31)15-29-10-12-30(13-11-29)16-22(32)28-20-5-3-2-4-19(20)23(24,25)26/h2-9H,10-16H2,1H3,(H,27,31)(H,28,32). The summed E-state index contributed by atoms with van der Waals surface area (Å²) in [7, 11) is 1.59. The minimum Gasteiger partial charge on any atom is -0.497 e. The van der Waals surface area contributed by atoms with Crippen LogP contribution in [-0.2, 0) is 22.3 Å². The zero-order valence-corrected chi connectivity index (χ0v) is 18.3. The third-order valence-electron chi connectivity index (χ3n) is 5.35. The topological polar surface area (TPSA) is 73.9 Å². The Labute approximate surface area is 190 Å². The van der Waals surface area contributed by atoms with Crippen LogP contribution in [0.3, 0.4) is 0 Å². The third kappa shape index (κ3) is 7.47. The van der Waals surface area contributed by atoms with E-state index in [-0.39, 0.29) is 24.7 Å². The van der Waals surface area contributed by atoms with Gasteiger partial charge >= 0.3 is 6.18 Å². The number of halogens is 3. The maximum absolute atomic E-state index is 13.1. The van der Waals surface area contributed by atoms with E-state index in [1.165, 1.54) is 18.2 Å². The van der Waals surface area contributed by atoms with Gasteiger partial charge in [-0.2, -0.15) is 13.2 Å². The zero-order chi connectivity index (χ0) is 23.8. The molecule has 178 valence electrons. The highest BCUT2D eigenvalue weighted by Gasteiger charge is 2.33. The Hall–Kier alpha value is -3.11. The molecule has 1 aliphatic heterocycles. The van der Waals surface area contributed by atoms with Crippen molar-refractivity contribution in [2.45, 2.75) is 12.7 Å². The summed E-state index contributed by atoms with van der Waals surface area (Å²) in [5, 5.41) is 5.24. The third-order valence-corrected chi connectivity index (χ3v) is 5.35. The Bertz CT molecular complexity index is 943. The minimum atomic E-state index is -4.54. The highest BCUT2D eigenvalue weighted by molar-refractivity contribution is 5.93. The van der Waals surface area contributed by atoms with E-state index in [1.807, 2.05) is 34.1 Å². The summed E-state index contributed by atoms with van der Waals surface area (Å²) >= 11 is 0. The monoisotopic (exact) mass is 464 g/mol. The van der Waals surface area contributed by atoms with Crippen molar-refractivity contribution in [2.75, 3.05) is 51.7 Å². The zero-order valence-electron chi connectivity index (χ0n) is 18.3. The van der Waals surface area contributed by atoms with E-state index in [2.05, 4.69) is 10.6 Å². The van der Waals surface area contributed by atoms with Gasteiger partial charge in [-0.05, 0) is 29.8 Å². The van der Waals surface area contributed by atoms with Crippen molar-refractivity contribution in [2.24, 2.45) is 0 Å². The van der Waals surface area contributed by atoms with Gasteiger partial charge in [0.1, 0.15) is 5.75 Å². The maximum Gasteiger partial charge on any atom is 0.418 e. The molecule has 7 nitrogen and oxygen atoms in total. The number of hydrogen-bond donors (Lipinski definition) is 2. The van der Waals surface area contributed by atoms with Gasteiger partial charge in [0.15, 0.2) is 0 Å². The molecule has 2 N–H and O–H groups in total. The average molecular weight is 464 g/mol. The molecule has 2 aromatic rings. The van der Waals surface area contributed by atoms with Gasteiger partial charge < -0.3 is 15.4 Å². The lowest BCUT2D eigenvalue weighted by atomic mass is 10.1. The molecule has 1 aliphatic rings. The van der Waals surface area contributed by atoms with Gasteiger partial charge in [-0.25, -0.2) is 0 Å². The first-order chi connectivity index (χ1) is 15.7. The van der Waals surface area contributed by atoms with E-state index >= 15 is 0 Å². The summed E-state index contributed by atoms with van der Waals surface area (Å²) in [6, 6.07) is 12.3. The van der Waals surface area contributed by atoms with Crippen molar-refractivity contribution in [1.82, 2.24) is 15.1 Å². The van der Waals surface area contributed by atoms with Crippen molar-refractivity contribution in [3.05, 3.63) is 59.7 Å². The second kappa shape index (κ2) is 11.2. The van der Waals surface area contributed by atoms with Crippen LogP contribution in [0.4, 0.5) is 18.9 Å². The summed E-state index contributed by atoms with van der Waals surface area (Å²) < 4.78 is 44.4. The molecule has 3 rings (SSSR count). The van der Waals surface area contributed by atoms with E-state index in [0.717, 1.165) is 17.4 Å². The summed E-state index contributed by atoms with van der Waals surface area (Å²) in [6.07, 6.45) is -4.54. The quantitative estimate of drug-likeness (QED) is 0.628. The van der Waals surface area contributed by atoms with Gasteiger partial charge in [0.05, 0.1) is 31.5 Å². The SMILES string of the molecule is COc1ccc(CNC(=O)CN2CCN(CC(=O)Nc3ccccc3C(F)(F)F)CC2)cc1. The highest BCUT2D eigenvalue weighted by atomic mass is 19.4. The van der Waals surface area contributed by atoms with E-state index < -0.39 is 17.6 Å². The average Bonchev–Trinajstić information content (AvgIpc) is 2.79. The molecule has 0 spiro atoms. The molecule has 33 heavy (non-hydrogen) atoms. The van der Waals surface area contributed by atoms with Crippen molar-refractivity contribution < 1.29 is 27.5 Å². The number of para-hydroxylation sites is 1. The van der Waals surface area contributed by atoms with Crippen LogP contribution in [0.2, 0.25) is 0 Å². The van der Waals surface area contributed by atoms with Crippen molar-refractivity contribution in [1.29, 1.82) is 0 Å². The van der Waals surface area contributed by atoms with Crippen LogP contribution in [0, 0.1) is 0 Å². The van der Waals surface area contributed by atoms with Crippen molar-refractivity contribution in [3.8, 4) is 5.75 Å². The summed E-state index contributed by atoms with van der Waals surface area (Å²) in [5.41, 5.74) is -0.155. The number of benzene rings is 2. The Kier molecular flexibility index (Phi) is 8.29. The van der Waals surface area contributed by atoms with Gasteiger partial charge in [0.2, 0.25) is 11.8 Å². The molecule has 0 aliphatic carbocycles. The minimum absolute atomic E-state index is 0.0102. The van der Waals surface area contributed by atoms with Crippen molar-refractivity contribution >= 4 is 17.5 Å². The number of hydrogen-bond acceptors (Lipinski definition) is 5. The molecule has 1 fully saturated rings. The number of alkyl halides is 3. The molecule has 0 saturated carbocycles. The number of carbonyl (C=O) groups is 2. The van der Waals surface area contributed by atoms with Gasteiger partial charge in [0.25, 0.3) is 0 Å². The number of ether oxygens (including phenoxy) is 1. The van der Waals surface area contributed by atoms with Crippen LogP contribution in [-0.4, -0.2) is 68.0 Å². The fourth-order valence-electron chi connectivity index (χ4n) is 3.54. The van der Waals surface area contributed by atoms with Crippen LogP contribution in [0.25, 0.3) is 0 Å². The fourth-order valence-corrected chi connectivity index (χ4v) is 3.54. The number of amides is 2. The van der Waals surface area contributed by atoms with E-state index in [9.17, 15) is 22.8 Å². The lowest BCUT2D eigenvalue weighted by Crippen LogP contribution is -2.51. The highest BCUT2D eigenvalue weighted by Crippen LogP contribution is 2.34. The molecular formula is C23H27F3N4O3. The second-order valence-electron chi connectivity index (χ2n) is 7.77. The molecule has 2 amide bonds. The first-order valence-corrected chi connectivity index (χ1v) is 10.5. The number of methoxy groups -OCH3 is 1. The van der Waals surface area contributed by atoms with Gasteiger partial charge in [-0.3, -0.25) is 19.4 Å². The number of anilines is 1. The van der Waals surface area contributed by atoms with Gasteiger partial charge in [0, 0.05) is 32.7 Å². The molecular weight excluding hydrogens is 437 g/mol. The Morgan fingerprint density at radius 1 is 0.909 bits per heavy atom. The molecule has 0 radical (unpaired) electrons. The van der Waals surface area contributed by atoms with Crippen LogP contribution in [0.5, 0.6) is 5.75 Å². The molecule has 0 unspecified atom stereocenters. The summed E-state index contributed by atoms with van der Waals surface area (Å²) in [6.45, 7) is 2.91. The summed E-state index contributed by atoms with van der Waals surface area (Å²) in [4.78, 5) is 28.4. The first kappa shape index (κ1) is 24.5.